The van der Waals surface area contributed by atoms with E-state index >= 15 is 0 Å². The van der Waals surface area contributed by atoms with Crippen molar-refractivity contribution in [3.63, 3.8) is 0 Å². The molecule has 1 fully saturated rings. The Morgan fingerprint density at radius 3 is 2.50 bits per heavy atom. The fourth-order valence-corrected chi connectivity index (χ4v) is 3.11. The molecule has 1 aliphatic rings. The average Bonchev–Trinajstić information content (AvgIpc) is 2.68. The predicted octanol–water partition coefficient (Wildman–Crippen LogP) is 1.40. The van der Waals surface area contributed by atoms with Crippen molar-refractivity contribution >= 4 is 17.7 Å². The number of carbonyl (C=O) groups is 1. The van der Waals surface area contributed by atoms with Crippen molar-refractivity contribution < 1.29 is 14.3 Å². The summed E-state index contributed by atoms with van der Waals surface area (Å²) in [5.41, 5.74) is 0. The Morgan fingerprint density at radius 1 is 1.44 bits per heavy atom. The molecule has 94 valence electrons. The normalized spacial score (nSPS) is 27.1. The molecule has 0 bridgehead atoms. The van der Waals surface area contributed by atoms with E-state index in [0.29, 0.717) is 0 Å². The Morgan fingerprint density at radius 2 is 2.06 bits per heavy atom. The summed E-state index contributed by atoms with van der Waals surface area (Å²) in [6.07, 6.45) is 1.67. The molecule has 0 saturated carbocycles. The summed E-state index contributed by atoms with van der Waals surface area (Å²) in [5.74, 6) is 1.15. The number of nitrogens with one attached hydrogen (secondary N) is 1. The summed E-state index contributed by atoms with van der Waals surface area (Å²) in [4.78, 5) is 12.1. The van der Waals surface area contributed by atoms with Gasteiger partial charge < -0.3 is 14.8 Å². The number of carbonyl (C=O) groups excluding carboxylic acids is 1. The topological polar surface area (TPSA) is 47.6 Å². The minimum atomic E-state index is -0.390. The van der Waals surface area contributed by atoms with Crippen molar-refractivity contribution in [1.29, 1.82) is 0 Å². The SMILES string of the molecule is COC(OC)C(C)NC(=O)C1(C)CCCS1. The maximum Gasteiger partial charge on any atom is 0.236 e. The standard InChI is InChI=1S/C11H21NO3S/c1-8(9(14-3)15-4)12-10(13)11(2)6-5-7-16-11/h8-9H,5-7H2,1-4H3,(H,12,13). The number of rotatable bonds is 5. The molecule has 0 aromatic heterocycles. The van der Waals surface area contributed by atoms with Gasteiger partial charge in [-0.2, -0.15) is 0 Å². The second-order valence-corrected chi connectivity index (χ2v) is 5.88. The van der Waals surface area contributed by atoms with Crippen LogP contribution in [-0.4, -0.2) is 43.0 Å². The molecule has 1 amide bonds. The molecule has 1 heterocycles. The summed E-state index contributed by atoms with van der Waals surface area (Å²) in [6.45, 7) is 3.89. The van der Waals surface area contributed by atoms with E-state index in [1.54, 1.807) is 26.0 Å². The van der Waals surface area contributed by atoms with Gasteiger partial charge in [-0.15, -0.1) is 11.8 Å². The number of hydrogen-bond acceptors (Lipinski definition) is 4. The number of amides is 1. The van der Waals surface area contributed by atoms with Gasteiger partial charge in [-0.3, -0.25) is 4.79 Å². The van der Waals surface area contributed by atoms with E-state index in [9.17, 15) is 4.79 Å². The Balaban J connectivity index is 2.50. The van der Waals surface area contributed by atoms with Crippen molar-refractivity contribution in [2.24, 2.45) is 0 Å². The van der Waals surface area contributed by atoms with Gasteiger partial charge in [0.1, 0.15) is 0 Å². The lowest BCUT2D eigenvalue weighted by atomic mass is 10.0. The zero-order valence-electron chi connectivity index (χ0n) is 10.4. The number of thioether (sulfide) groups is 1. The highest BCUT2D eigenvalue weighted by atomic mass is 32.2. The Hall–Kier alpha value is -0.260. The summed E-state index contributed by atoms with van der Waals surface area (Å²) in [5, 5.41) is 2.95. The third-order valence-corrected chi connectivity index (χ3v) is 4.45. The molecule has 2 unspecified atom stereocenters. The van der Waals surface area contributed by atoms with Crippen LogP contribution in [0.3, 0.4) is 0 Å². The van der Waals surface area contributed by atoms with E-state index in [1.807, 2.05) is 13.8 Å². The molecule has 16 heavy (non-hydrogen) atoms. The van der Waals surface area contributed by atoms with Crippen LogP contribution in [-0.2, 0) is 14.3 Å². The van der Waals surface area contributed by atoms with Gasteiger partial charge in [-0.05, 0) is 32.4 Å². The van der Waals surface area contributed by atoms with Crippen LogP contribution in [0.1, 0.15) is 26.7 Å². The van der Waals surface area contributed by atoms with Gasteiger partial charge in [0.05, 0.1) is 10.8 Å². The number of hydrogen-bond donors (Lipinski definition) is 1. The second kappa shape index (κ2) is 5.89. The van der Waals surface area contributed by atoms with Crippen molar-refractivity contribution in [1.82, 2.24) is 5.32 Å². The van der Waals surface area contributed by atoms with Gasteiger partial charge in [0.2, 0.25) is 5.91 Å². The lowest BCUT2D eigenvalue weighted by Crippen LogP contribution is -2.49. The summed E-state index contributed by atoms with van der Waals surface area (Å²) < 4.78 is 9.95. The molecule has 0 aliphatic carbocycles. The zero-order valence-corrected chi connectivity index (χ0v) is 11.2. The molecule has 5 heteroatoms. The van der Waals surface area contributed by atoms with Crippen molar-refractivity contribution in [2.75, 3.05) is 20.0 Å². The van der Waals surface area contributed by atoms with Gasteiger partial charge in [0.25, 0.3) is 0 Å². The van der Waals surface area contributed by atoms with E-state index in [1.165, 1.54) is 0 Å². The molecule has 4 nitrogen and oxygen atoms in total. The number of ether oxygens (including phenoxy) is 2. The highest BCUT2D eigenvalue weighted by molar-refractivity contribution is 8.01. The minimum absolute atomic E-state index is 0.0848. The Labute approximate surface area is 101 Å². The van der Waals surface area contributed by atoms with Crippen LogP contribution in [0.4, 0.5) is 0 Å². The Kier molecular flexibility index (Phi) is 5.08. The summed E-state index contributed by atoms with van der Waals surface area (Å²) >= 11 is 1.73. The van der Waals surface area contributed by atoms with Gasteiger partial charge in [0, 0.05) is 14.2 Å². The molecule has 0 spiro atoms. The maximum absolute atomic E-state index is 12.1. The molecule has 1 N–H and O–H groups in total. The second-order valence-electron chi connectivity index (χ2n) is 4.28. The molecule has 0 aromatic rings. The van der Waals surface area contributed by atoms with Crippen LogP contribution in [0.5, 0.6) is 0 Å². The van der Waals surface area contributed by atoms with Crippen LogP contribution < -0.4 is 5.32 Å². The van der Waals surface area contributed by atoms with Gasteiger partial charge in [-0.1, -0.05) is 0 Å². The third-order valence-electron chi connectivity index (χ3n) is 2.93. The van der Waals surface area contributed by atoms with Crippen molar-refractivity contribution in [3.05, 3.63) is 0 Å². The summed E-state index contributed by atoms with van der Waals surface area (Å²) in [7, 11) is 3.14. The first-order valence-corrected chi connectivity index (χ1v) is 6.52. The molecule has 0 radical (unpaired) electrons. The first-order valence-electron chi connectivity index (χ1n) is 5.54. The maximum atomic E-state index is 12.1. The van der Waals surface area contributed by atoms with Crippen LogP contribution in [0.25, 0.3) is 0 Å². The van der Waals surface area contributed by atoms with Gasteiger partial charge in [0.15, 0.2) is 6.29 Å². The average molecular weight is 247 g/mol. The third kappa shape index (κ3) is 3.12. The van der Waals surface area contributed by atoms with E-state index in [4.69, 9.17) is 9.47 Å². The molecule has 1 saturated heterocycles. The quantitative estimate of drug-likeness (QED) is 0.746. The molecule has 1 aliphatic heterocycles. The van der Waals surface area contributed by atoms with Gasteiger partial charge in [-0.25, -0.2) is 0 Å². The Bertz CT molecular complexity index is 237. The van der Waals surface area contributed by atoms with E-state index < -0.39 is 0 Å². The zero-order chi connectivity index (χ0) is 12.2. The van der Waals surface area contributed by atoms with Crippen molar-refractivity contribution in [2.45, 2.75) is 43.8 Å². The largest absolute Gasteiger partial charge is 0.354 e. The van der Waals surface area contributed by atoms with Crippen LogP contribution in [0.15, 0.2) is 0 Å². The molecule has 2 atom stereocenters. The molecule has 1 rings (SSSR count). The smallest absolute Gasteiger partial charge is 0.236 e. The first-order chi connectivity index (χ1) is 7.53. The highest BCUT2D eigenvalue weighted by Crippen LogP contribution is 2.37. The van der Waals surface area contributed by atoms with Crippen LogP contribution in [0, 0.1) is 0 Å². The molecular formula is C11H21NO3S. The minimum Gasteiger partial charge on any atom is -0.354 e. The van der Waals surface area contributed by atoms with E-state index in [2.05, 4.69) is 5.32 Å². The van der Waals surface area contributed by atoms with Crippen molar-refractivity contribution in [3.8, 4) is 0 Å². The van der Waals surface area contributed by atoms with E-state index in [-0.39, 0.29) is 23.0 Å². The van der Waals surface area contributed by atoms with E-state index in [0.717, 1.165) is 18.6 Å². The molecular weight excluding hydrogens is 226 g/mol. The van der Waals surface area contributed by atoms with Gasteiger partial charge >= 0.3 is 0 Å². The summed E-state index contributed by atoms with van der Waals surface area (Å²) in [6, 6.07) is -0.138. The fraction of sp³-hybridized carbons (Fsp3) is 0.909. The predicted molar refractivity (Wildman–Crippen MR) is 65.5 cm³/mol. The lowest BCUT2D eigenvalue weighted by molar-refractivity contribution is -0.137. The van der Waals surface area contributed by atoms with Crippen LogP contribution >= 0.6 is 11.8 Å². The number of methoxy groups -OCH3 is 2. The van der Waals surface area contributed by atoms with Crippen LogP contribution in [0.2, 0.25) is 0 Å². The highest BCUT2D eigenvalue weighted by Gasteiger charge is 2.38. The fourth-order valence-electron chi connectivity index (χ4n) is 1.89. The molecule has 0 aromatic carbocycles. The first kappa shape index (κ1) is 13.8. The lowest BCUT2D eigenvalue weighted by Gasteiger charge is -2.27. The monoisotopic (exact) mass is 247 g/mol.